The number of aryl methyl sites for hydroxylation is 1. The van der Waals surface area contributed by atoms with E-state index in [0.29, 0.717) is 17.5 Å². The monoisotopic (exact) mass is 759 g/mol. The van der Waals surface area contributed by atoms with E-state index in [1.807, 2.05) is 24.3 Å². The summed E-state index contributed by atoms with van der Waals surface area (Å²) < 4.78 is 3.66. The Balaban J connectivity index is 1.15. The lowest BCUT2D eigenvalue weighted by atomic mass is 9.93. The minimum atomic E-state index is 0.644. The lowest BCUT2D eigenvalue weighted by Gasteiger charge is -2.16. The van der Waals surface area contributed by atoms with Crippen molar-refractivity contribution in [2.45, 2.75) is 12.8 Å². The van der Waals surface area contributed by atoms with Gasteiger partial charge in [-0.25, -0.2) is 19.9 Å². The number of allylic oxidation sites excluding steroid dienone is 1. The maximum atomic E-state index is 5.37. The van der Waals surface area contributed by atoms with Crippen LogP contribution in [0, 0.1) is 0 Å². The van der Waals surface area contributed by atoms with Crippen LogP contribution in [0.3, 0.4) is 0 Å². The average molecular weight is 760 g/mol. The van der Waals surface area contributed by atoms with Crippen LogP contribution in [0.1, 0.15) is 17.7 Å². The van der Waals surface area contributed by atoms with Gasteiger partial charge in [-0.1, -0.05) is 121 Å². The van der Waals surface area contributed by atoms with E-state index in [0.717, 1.165) is 73.0 Å². The van der Waals surface area contributed by atoms with Gasteiger partial charge in [0.2, 0.25) is 0 Å². The van der Waals surface area contributed by atoms with Gasteiger partial charge in [0.25, 0.3) is 0 Å². The third kappa shape index (κ3) is 5.30. The summed E-state index contributed by atoms with van der Waals surface area (Å²) in [5, 5.41) is 9.24. The predicted molar refractivity (Wildman–Crippen MR) is 241 cm³/mol. The molecule has 0 atom stereocenters. The van der Waals surface area contributed by atoms with Crippen molar-refractivity contribution in [3.05, 3.63) is 181 Å². The van der Waals surface area contributed by atoms with Crippen molar-refractivity contribution in [3.63, 3.8) is 0 Å². The first kappa shape index (κ1) is 32.9. The highest BCUT2D eigenvalue weighted by molar-refractivity contribution is 7.21. The first-order valence-electron chi connectivity index (χ1n) is 19.7. The molecule has 3 heterocycles. The molecule has 12 rings (SSSR count). The molecule has 0 spiro atoms. The highest BCUT2D eigenvalue weighted by atomic mass is 32.1. The second-order valence-electron chi connectivity index (χ2n) is 14.9. The van der Waals surface area contributed by atoms with Gasteiger partial charge in [-0.15, -0.1) is 11.3 Å². The first-order valence-corrected chi connectivity index (χ1v) is 20.5. The number of thiazole rings is 1. The zero-order valence-electron chi connectivity index (χ0n) is 31.3. The number of aromatic nitrogens is 5. The minimum absolute atomic E-state index is 0.644. The van der Waals surface area contributed by atoms with Crippen molar-refractivity contribution >= 4 is 70.8 Å². The Labute approximate surface area is 338 Å². The number of benzene rings is 8. The Morgan fingerprint density at radius 3 is 2.07 bits per heavy atom. The van der Waals surface area contributed by atoms with E-state index in [1.54, 1.807) is 11.3 Å². The lowest BCUT2D eigenvalue weighted by Crippen LogP contribution is -2.02. The quantitative estimate of drug-likeness (QED) is 0.164. The molecule has 1 aliphatic rings. The number of hydrogen-bond acceptors (Lipinski definition) is 5. The topological polar surface area (TPSA) is 56.5 Å². The molecule has 0 aliphatic heterocycles. The van der Waals surface area contributed by atoms with Crippen LogP contribution >= 0.6 is 11.3 Å². The van der Waals surface area contributed by atoms with Crippen molar-refractivity contribution < 1.29 is 0 Å². The zero-order valence-corrected chi connectivity index (χ0v) is 32.1. The summed E-state index contributed by atoms with van der Waals surface area (Å²) in [5.74, 6) is 1.93. The second kappa shape index (κ2) is 13.2. The van der Waals surface area contributed by atoms with E-state index in [4.69, 9.17) is 19.9 Å². The number of fused-ring (bicyclic) bond motifs is 9. The number of nitrogens with zero attached hydrogens (tertiary/aromatic N) is 5. The Morgan fingerprint density at radius 2 is 1.21 bits per heavy atom. The number of hydrogen-bond donors (Lipinski definition) is 0. The lowest BCUT2D eigenvalue weighted by molar-refractivity contribution is 0.968. The Hall–Kier alpha value is -7.28. The van der Waals surface area contributed by atoms with E-state index in [1.165, 1.54) is 37.5 Å². The third-order valence-electron chi connectivity index (χ3n) is 11.5. The minimum Gasteiger partial charge on any atom is -0.309 e. The number of para-hydroxylation sites is 1. The fraction of sp³-hybridized carbons (Fsp3) is 0.0385. The fourth-order valence-electron chi connectivity index (χ4n) is 8.78. The van der Waals surface area contributed by atoms with Gasteiger partial charge in [-0.2, -0.15) is 0 Å². The molecule has 1 aliphatic carbocycles. The molecular weight excluding hydrogens is 727 g/mol. The molecule has 58 heavy (non-hydrogen) atoms. The van der Waals surface area contributed by atoms with Gasteiger partial charge >= 0.3 is 0 Å². The van der Waals surface area contributed by atoms with Gasteiger partial charge in [0, 0.05) is 44.4 Å². The average Bonchev–Trinajstić information content (AvgIpc) is 3.89. The maximum Gasteiger partial charge on any atom is 0.164 e. The molecule has 0 amide bonds. The van der Waals surface area contributed by atoms with Crippen LogP contribution in [-0.4, -0.2) is 24.5 Å². The molecule has 0 bridgehead atoms. The highest BCUT2D eigenvalue weighted by Gasteiger charge is 2.25. The van der Waals surface area contributed by atoms with Crippen molar-refractivity contribution in [2.75, 3.05) is 0 Å². The summed E-state index contributed by atoms with van der Waals surface area (Å²) in [6.45, 7) is 0. The summed E-state index contributed by atoms with van der Waals surface area (Å²) in [6, 6.07) is 58.0. The molecule has 8 aromatic carbocycles. The maximum absolute atomic E-state index is 5.37. The molecule has 11 aromatic rings. The fourth-order valence-corrected chi connectivity index (χ4v) is 9.75. The van der Waals surface area contributed by atoms with Crippen LogP contribution < -0.4 is 0 Å². The Kier molecular flexibility index (Phi) is 7.46. The summed E-state index contributed by atoms with van der Waals surface area (Å²) in [7, 11) is 0. The summed E-state index contributed by atoms with van der Waals surface area (Å²) in [4.78, 5) is 20.8. The standard InChI is InChI=1S/C52H33N5S/c1-2-13-33(14-3-1)49-54-50(37-23-22-32-12-4-5-15-35(32)30-37)56-51(55-49)43-31-36-16-6-7-17-39(36)41-28-29-42-40-18-8-10-20-45(40)57(48(42)47(41)43)38-26-24-34(25-27-38)52-53-44-19-9-11-21-46(44)58-52/h1-7,9-17,19-31H,8,18H2. The largest absolute Gasteiger partial charge is 0.309 e. The van der Waals surface area contributed by atoms with E-state index >= 15 is 0 Å². The summed E-state index contributed by atoms with van der Waals surface area (Å²) in [5.41, 5.74) is 9.88. The van der Waals surface area contributed by atoms with Crippen molar-refractivity contribution in [3.8, 4) is 50.4 Å². The van der Waals surface area contributed by atoms with Gasteiger partial charge in [0.05, 0.1) is 15.7 Å². The third-order valence-corrected chi connectivity index (χ3v) is 12.6. The van der Waals surface area contributed by atoms with Crippen molar-refractivity contribution in [1.29, 1.82) is 0 Å². The molecule has 0 unspecified atom stereocenters. The van der Waals surface area contributed by atoms with Gasteiger partial charge in [0.1, 0.15) is 5.01 Å². The normalized spacial score (nSPS) is 12.6. The van der Waals surface area contributed by atoms with Gasteiger partial charge < -0.3 is 4.57 Å². The highest BCUT2D eigenvalue weighted by Crippen LogP contribution is 2.44. The number of rotatable bonds is 5. The van der Waals surface area contributed by atoms with Gasteiger partial charge in [-0.05, 0) is 99.9 Å². The van der Waals surface area contributed by atoms with E-state index in [9.17, 15) is 0 Å². The van der Waals surface area contributed by atoms with Crippen LogP contribution in [0.5, 0.6) is 0 Å². The predicted octanol–water partition coefficient (Wildman–Crippen LogP) is 13.5. The smallest absolute Gasteiger partial charge is 0.164 e. The molecule has 3 aromatic heterocycles. The van der Waals surface area contributed by atoms with Crippen LogP contribution in [0.4, 0.5) is 0 Å². The van der Waals surface area contributed by atoms with E-state index < -0.39 is 0 Å². The molecule has 0 fully saturated rings. The molecular formula is C52H33N5S. The van der Waals surface area contributed by atoms with E-state index in [-0.39, 0.29) is 0 Å². The summed E-state index contributed by atoms with van der Waals surface area (Å²) >= 11 is 1.73. The molecule has 0 saturated heterocycles. The van der Waals surface area contributed by atoms with Crippen LogP contribution in [-0.2, 0) is 6.42 Å². The molecule has 5 nitrogen and oxygen atoms in total. The Morgan fingerprint density at radius 1 is 0.500 bits per heavy atom. The van der Waals surface area contributed by atoms with Crippen LogP contribution in [0.25, 0.3) is 110 Å². The van der Waals surface area contributed by atoms with Gasteiger partial charge in [0.15, 0.2) is 17.5 Å². The van der Waals surface area contributed by atoms with Gasteiger partial charge in [-0.3, -0.25) is 0 Å². The SMILES string of the molecule is C1=Cc2c(c3ccc4c5ccccc5cc(-c5nc(-c6ccccc6)nc(-c6ccc7ccccc7c6)n5)c4c3n2-c2ccc(-c3nc4ccccc4s3)cc2)CC1. The molecule has 0 N–H and O–H groups in total. The molecule has 0 radical (unpaired) electrons. The molecule has 6 heteroatoms. The first-order chi connectivity index (χ1) is 28.7. The molecule has 0 saturated carbocycles. The van der Waals surface area contributed by atoms with Crippen LogP contribution in [0.15, 0.2) is 170 Å². The van der Waals surface area contributed by atoms with Crippen LogP contribution in [0.2, 0.25) is 0 Å². The van der Waals surface area contributed by atoms with E-state index in [2.05, 4.69) is 156 Å². The summed E-state index contributed by atoms with van der Waals surface area (Å²) in [6.07, 6.45) is 6.60. The van der Waals surface area contributed by atoms with Crippen molar-refractivity contribution in [2.24, 2.45) is 0 Å². The Bertz CT molecular complexity index is 3420. The second-order valence-corrected chi connectivity index (χ2v) is 16.0. The molecule has 272 valence electrons. The zero-order chi connectivity index (χ0) is 38.2. The van der Waals surface area contributed by atoms with Crippen molar-refractivity contribution in [1.82, 2.24) is 24.5 Å².